The summed E-state index contributed by atoms with van der Waals surface area (Å²) in [6.07, 6.45) is 10.3. The standard InChI is InChI=1S/C31H34O5S/c1-33-21-12-14-24(25(19-21)35-29(32)27-9-8-18-37-27)31-17-7-4-10-28(31)30(15-5-3-6-16-30)23-13-11-22(34-2)20-26(23)36-31/h8-9,11-14,18-20,28H,3-7,10,15-17H2,1-2H3/t28-,31-/m1/s1. The molecule has 1 aliphatic heterocycles. The molecule has 37 heavy (non-hydrogen) atoms. The number of carbonyl (C=O) groups is 1. The van der Waals surface area contributed by atoms with E-state index in [2.05, 4.69) is 24.3 Å². The van der Waals surface area contributed by atoms with Gasteiger partial charge in [0, 0.05) is 34.6 Å². The van der Waals surface area contributed by atoms with Gasteiger partial charge >= 0.3 is 5.97 Å². The highest BCUT2D eigenvalue weighted by Gasteiger charge is 2.60. The maximum absolute atomic E-state index is 13.1. The molecule has 0 unspecified atom stereocenters. The summed E-state index contributed by atoms with van der Waals surface area (Å²) in [5, 5.41) is 1.89. The van der Waals surface area contributed by atoms with Crippen molar-refractivity contribution in [2.45, 2.75) is 68.8 Å². The molecule has 1 spiro atoms. The van der Waals surface area contributed by atoms with Gasteiger partial charge in [-0.1, -0.05) is 37.8 Å². The molecule has 0 saturated heterocycles. The number of rotatable bonds is 5. The maximum Gasteiger partial charge on any atom is 0.353 e. The van der Waals surface area contributed by atoms with E-state index in [0.29, 0.717) is 22.3 Å². The molecule has 2 aliphatic carbocycles. The van der Waals surface area contributed by atoms with Gasteiger partial charge in [0.2, 0.25) is 0 Å². The molecule has 1 aromatic heterocycles. The summed E-state index contributed by atoms with van der Waals surface area (Å²) in [6.45, 7) is 0. The Bertz CT molecular complexity index is 1280. The Kier molecular flexibility index (Phi) is 6.39. The summed E-state index contributed by atoms with van der Waals surface area (Å²) in [5.41, 5.74) is 1.71. The molecule has 5 nitrogen and oxygen atoms in total. The molecule has 0 N–H and O–H groups in total. The summed E-state index contributed by atoms with van der Waals surface area (Å²) >= 11 is 1.38. The van der Waals surface area contributed by atoms with Crippen molar-refractivity contribution in [3.63, 3.8) is 0 Å². The van der Waals surface area contributed by atoms with E-state index < -0.39 is 5.60 Å². The summed E-state index contributed by atoms with van der Waals surface area (Å²) in [7, 11) is 3.34. The van der Waals surface area contributed by atoms with Gasteiger partial charge in [-0.25, -0.2) is 4.79 Å². The van der Waals surface area contributed by atoms with Crippen molar-refractivity contribution < 1.29 is 23.7 Å². The van der Waals surface area contributed by atoms with E-state index >= 15 is 0 Å². The molecule has 6 rings (SSSR count). The zero-order chi connectivity index (χ0) is 25.5. The number of ether oxygens (including phenoxy) is 4. The van der Waals surface area contributed by atoms with Crippen LogP contribution in [0.25, 0.3) is 0 Å². The quantitative estimate of drug-likeness (QED) is 0.256. The fourth-order valence-electron chi connectivity index (χ4n) is 7.28. The van der Waals surface area contributed by atoms with Crippen molar-refractivity contribution >= 4 is 17.3 Å². The average molecular weight is 519 g/mol. The van der Waals surface area contributed by atoms with Crippen molar-refractivity contribution in [1.82, 2.24) is 0 Å². The highest BCUT2D eigenvalue weighted by molar-refractivity contribution is 7.12. The van der Waals surface area contributed by atoms with E-state index in [0.717, 1.165) is 49.2 Å². The Hall–Kier alpha value is -2.99. The van der Waals surface area contributed by atoms with E-state index in [1.54, 1.807) is 20.3 Å². The van der Waals surface area contributed by atoms with Gasteiger partial charge in [-0.15, -0.1) is 11.3 Å². The number of hydrogen-bond acceptors (Lipinski definition) is 6. The Labute approximate surface area is 222 Å². The second-order valence-corrected chi connectivity index (χ2v) is 11.5. The number of hydrogen-bond donors (Lipinski definition) is 0. The Morgan fingerprint density at radius 1 is 0.892 bits per heavy atom. The number of thiophene rings is 1. The minimum atomic E-state index is -0.591. The van der Waals surface area contributed by atoms with E-state index in [1.165, 1.54) is 42.6 Å². The molecule has 2 aromatic carbocycles. The molecule has 3 aromatic rings. The van der Waals surface area contributed by atoms with Crippen LogP contribution in [-0.4, -0.2) is 20.2 Å². The highest BCUT2D eigenvalue weighted by Crippen LogP contribution is 2.64. The number of benzene rings is 2. The van der Waals surface area contributed by atoms with Crippen molar-refractivity contribution in [2.75, 3.05) is 14.2 Å². The van der Waals surface area contributed by atoms with Crippen LogP contribution < -0.4 is 18.9 Å². The minimum absolute atomic E-state index is 0.0352. The normalized spacial score (nSPS) is 23.9. The second kappa shape index (κ2) is 9.71. The van der Waals surface area contributed by atoms with Gasteiger partial charge in [0.15, 0.2) is 0 Å². The fourth-order valence-corrected chi connectivity index (χ4v) is 7.88. The smallest absolute Gasteiger partial charge is 0.353 e. The molecule has 2 atom stereocenters. The number of fused-ring (bicyclic) bond motifs is 4. The molecule has 0 bridgehead atoms. The monoisotopic (exact) mass is 518 g/mol. The van der Waals surface area contributed by atoms with Crippen molar-refractivity contribution in [3.8, 4) is 23.0 Å². The van der Waals surface area contributed by atoms with E-state index in [1.807, 2.05) is 23.6 Å². The predicted octanol–water partition coefficient (Wildman–Crippen LogP) is 7.66. The summed E-state index contributed by atoms with van der Waals surface area (Å²) in [5.74, 6) is 2.84. The third-order valence-corrected chi connectivity index (χ3v) is 9.70. The third kappa shape index (κ3) is 4.01. The zero-order valence-corrected chi connectivity index (χ0v) is 22.4. The summed E-state index contributed by atoms with van der Waals surface area (Å²) < 4.78 is 24.4. The van der Waals surface area contributed by atoms with Crippen LogP contribution in [0.3, 0.4) is 0 Å². The van der Waals surface area contributed by atoms with Gasteiger partial charge in [-0.2, -0.15) is 0 Å². The average Bonchev–Trinajstić information content (AvgIpc) is 3.49. The molecule has 0 amide bonds. The molecular formula is C31H34O5S. The molecule has 2 heterocycles. The van der Waals surface area contributed by atoms with Crippen LogP contribution in [0.5, 0.6) is 23.0 Å². The summed E-state index contributed by atoms with van der Waals surface area (Å²) in [6, 6.07) is 15.9. The maximum atomic E-state index is 13.1. The number of methoxy groups -OCH3 is 2. The van der Waals surface area contributed by atoms with Crippen LogP contribution in [0.2, 0.25) is 0 Å². The Balaban J connectivity index is 1.53. The Morgan fingerprint density at radius 3 is 2.35 bits per heavy atom. The van der Waals surface area contributed by atoms with Crippen LogP contribution in [0, 0.1) is 5.92 Å². The molecule has 2 saturated carbocycles. The minimum Gasteiger partial charge on any atom is -0.497 e. The van der Waals surface area contributed by atoms with Gasteiger partial charge < -0.3 is 18.9 Å². The third-order valence-electron chi connectivity index (χ3n) is 8.85. The lowest BCUT2D eigenvalue weighted by atomic mass is 9.51. The number of carbonyl (C=O) groups excluding carboxylic acids is 1. The van der Waals surface area contributed by atoms with E-state index in [-0.39, 0.29) is 11.4 Å². The van der Waals surface area contributed by atoms with Crippen molar-refractivity contribution in [2.24, 2.45) is 5.92 Å². The first-order valence-electron chi connectivity index (χ1n) is 13.4. The lowest BCUT2D eigenvalue weighted by molar-refractivity contribution is -0.0959. The molecule has 2 fully saturated rings. The predicted molar refractivity (Wildman–Crippen MR) is 144 cm³/mol. The van der Waals surface area contributed by atoms with Crippen molar-refractivity contribution in [3.05, 3.63) is 69.9 Å². The fraction of sp³-hybridized carbons (Fsp3) is 0.452. The largest absolute Gasteiger partial charge is 0.497 e. The second-order valence-electron chi connectivity index (χ2n) is 10.6. The van der Waals surface area contributed by atoms with Crippen LogP contribution in [0.15, 0.2) is 53.9 Å². The molecule has 6 heteroatoms. The highest BCUT2D eigenvalue weighted by atomic mass is 32.1. The van der Waals surface area contributed by atoms with Gasteiger partial charge in [-0.3, -0.25) is 0 Å². The van der Waals surface area contributed by atoms with Crippen LogP contribution in [0.1, 0.15) is 78.6 Å². The van der Waals surface area contributed by atoms with E-state index in [9.17, 15) is 4.79 Å². The number of esters is 1. The van der Waals surface area contributed by atoms with Crippen LogP contribution in [-0.2, 0) is 11.0 Å². The van der Waals surface area contributed by atoms with Gasteiger partial charge in [0.25, 0.3) is 0 Å². The van der Waals surface area contributed by atoms with E-state index in [4.69, 9.17) is 18.9 Å². The lowest BCUT2D eigenvalue weighted by Gasteiger charge is -2.58. The zero-order valence-electron chi connectivity index (χ0n) is 21.6. The van der Waals surface area contributed by atoms with Gasteiger partial charge in [0.05, 0.1) is 14.2 Å². The summed E-state index contributed by atoms with van der Waals surface area (Å²) in [4.78, 5) is 13.7. The van der Waals surface area contributed by atoms with Crippen LogP contribution in [0.4, 0.5) is 0 Å². The molecule has 0 radical (unpaired) electrons. The SMILES string of the molecule is COc1ccc2c(c1)O[C@@]1(c3ccc(OC)cc3OC(=O)c3cccs3)CCCC[C@@H]1C21CCCCC1. The van der Waals surface area contributed by atoms with Crippen molar-refractivity contribution in [1.29, 1.82) is 0 Å². The topological polar surface area (TPSA) is 54.0 Å². The molecule has 3 aliphatic rings. The Morgan fingerprint density at radius 2 is 1.62 bits per heavy atom. The first-order valence-corrected chi connectivity index (χ1v) is 14.3. The molecule has 194 valence electrons. The molecular weight excluding hydrogens is 484 g/mol. The van der Waals surface area contributed by atoms with Crippen LogP contribution >= 0.6 is 11.3 Å². The lowest BCUT2D eigenvalue weighted by Crippen LogP contribution is -2.57. The first kappa shape index (κ1) is 24.4. The van der Waals surface area contributed by atoms with Gasteiger partial charge in [0.1, 0.15) is 33.5 Å². The van der Waals surface area contributed by atoms with Gasteiger partial charge in [-0.05, 0) is 61.7 Å². The first-order chi connectivity index (χ1) is 18.1.